The van der Waals surface area contributed by atoms with E-state index >= 15 is 0 Å². The first-order chi connectivity index (χ1) is 17.6. The zero-order chi connectivity index (χ0) is 27.4. The van der Waals surface area contributed by atoms with Gasteiger partial charge in [-0.2, -0.15) is 4.80 Å². The number of carbonyl (C=O) groups excluding carboxylic acids is 1. The molecule has 0 radical (unpaired) electrons. The summed E-state index contributed by atoms with van der Waals surface area (Å²) in [5.74, 6) is 1.25. The number of halogens is 1. The van der Waals surface area contributed by atoms with Crippen molar-refractivity contribution in [3.8, 4) is 0 Å². The van der Waals surface area contributed by atoms with Gasteiger partial charge in [0.05, 0.1) is 6.54 Å². The Morgan fingerprint density at radius 3 is 1.84 bits per heavy atom. The van der Waals surface area contributed by atoms with E-state index in [1.807, 2.05) is 0 Å². The molecule has 2 rings (SSSR count). The second kappa shape index (κ2) is 16.3. The van der Waals surface area contributed by atoms with Gasteiger partial charge >= 0.3 is 0 Å². The number of unbranched alkanes of at least 4 members (excludes halogenated alkanes) is 9. The van der Waals surface area contributed by atoms with Crippen molar-refractivity contribution < 1.29 is 4.79 Å². The summed E-state index contributed by atoms with van der Waals surface area (Å²) in [5, 5.41) is 16.0. The highest BCUT2D eigenvalue weighted by molar-refractivity contribution is 9.09. The number of alkyl halides is 1. The highest BCUT2D eigenvalue weighted by Gasteiger charge is 2.26. The van der Waals surface area contributed by atoms with E-state index in [2.05, 4.69) is 97.3 Å². The lowest BCUT2D eigenvalue weighted by Crippen LogP contribution is -2.21. The Kier molecular flexibility index (Phi) is 13.8. The van der Waals surface area contributed by atoms with Crippen molar-refractivity contribution in [2.24, 2.45) is 0 Å². The minimum Gasteiger partial charge on any atom is -0.324 e. The lowest BCUT2D eigenvalue weighted by Gasteiger charge is -2.23. The van der Waals surface area contributed by atoms with Gasteiger partial charge in [0, 0.05) is 5.69 Å². The molecule has 1 unspecified atom stereocenters. The van der Waals surface area contributed by atoms with Crippen LogP contribution in [-0.2, 0) is 11.3 Å². The van der Waals surface area contributed by atoms with Crippen LogP contribution in [0.4, 0.5) is 5.69 Å². The van der Waals surface area contributed by atoms with E-state index in [4.69, 9.17) is 0 Å². The third-order valence-corrected chi connectivity index (χ3v) is 7.84. The number of rotatable bonds is 17. The van der Waals surface area contributed by atoms with Gasteiger partial charge in [-0.25, -0.2) is 0 Å². The molecule has 1 amide bonds. The second-order valence-corrected chi connectivity index (χ2v) is 12.2. The first-order valence-corrected chi connectivity index (χ1v) is 15.5. The largest absolute Gasteiger partial charge is 0.324 e. The first kappa shape index (κ1) is 31.5. The zero-order valence-corrected chi connectivity index (χ0v) is 25.9. The second-order valence-electron chi connectivity index (χ2n) is 11.3. The molecule has 37 heavy (non-hydrogen) atoms. The van der Waals surface area contributed by atoms with Crippen LogP contribution in [0.5, 0.6) is 0 Å². The number of nitrogens with one attached hydrogen (secondary N) is 1. The molecule has 0 fully saturated rings. The van der Waals surface area contributed by atoms with Crippen molar-refractivity contribution in [2.75, 3.05) is 5.32 Å². The van der Waals surface area contributed by atoms with E-state index < -0.39 is 4.83 Å². The molecule has 0 aliphatic heterocycles. The topological polar surface area (TPSA) is 72.7 Å². The van der Waals surface area contributed by atoms with E-state index in [0.717, 1.165) is 18.7 Å². The maximum absolute atomic E-state index is 13.3. The summed E-state index contributed by atoms with van der Waals surface area (Å²) in [4.78, 5) is 14.2. The van der Waals surface area contributed by atoms with E-state index in [1.54, 1.807) is 4.80 Å². The molecule has 2 aromatic rings. The number of anilines is 1. The molecule has 7 heteroatoms. The predicted octanol–water partition coefficient (Wildman–Crippen LogP) is 9.04. The number of tetrazole rings is 1. The molecule has 0 aliphatic carbocycles. The minimum absolute atomic E-state index is 0.167. The molecule has 0 saturated heterocycles. The van der Waals surface area contributed by atoms with E-state index in [0.29, 0.717) is 23.6 Å². The standard InChI is InChI=1S/C30H50BrN5O/c1-8-9-10-11-12-13-14-15-16-17-18-36-34-29(33-35-36)27(31)30(37)32-28-25(22(4)5)19-24(21(2)3)20-26(28)23(6)7/h19-23,27H,8-18H2,1-7H3,(H,32,37). The summed E-state index contributed by atoms with van der Waals surface area (Å²) in [6.45, 7) is 16.1. The lowest BCUT2D eigenvalue weighted by atomic mass is 9.87. The Labute approximate surface area is 233 Å². The average molecular weight is 577 g/mol. The van der Waals surface area contributed by atoms with Crippen LogP contribution in [0.15, 0.2) is 12.1 Å². The molecule has 6 nitrogen and oxygen atoms in total. The number of hydrogen-bond acceptors (Lipinski definition) is 4. The molecule has 1 aromatic heterocycles. The minimum atomic E-state index is -0.654. The molecular formula is C30H50BrN5O. The Morgan fingerprint density at radius 1 is 0.838 bits per heavy atom. The quantitative estimate of drug-likeness (QED) is 0.151. The molecule has 1 atom stereocenters. The molecule has 0 bridgehead atoms. The Hall–Kier alpha value is -1.76. The smallest absolute Gasteiger partial charge is 0.246 e. The summed E-state index contributed by atoms with van der Waals surface area (Å²) in [7, 11) is 0. The van der Waals surface area contributed by atoms with Crippen LogP contribution < -0.4 is 5.32 Å². The number of hydrogen-bond donors (Lipinski definition) is 1. The molecule has 1 aromatic carbocycles. The van der Waals surface area contributed by atoms with Gasteiger partial charge in [0.15, 0.2) is 10.7 Å². The van der Waals surface area contributed by atoms with E-state index in [1.165, 1.54) is 74.5 Å². The third-order valence-electron chi connectivity index (χ3n) is 7.02. The maximum atomic E-state index is 13.3. The van der Waals surface area contributed by atoms with Gasteiger partial charge in [0.1, 0.15) is 0 Å². The van der Waals surface area contributed by atoms with Gasteiger partial charge in [-0.05, 0) is 46.1 Å². The Balaban J connectivity index is 1.93. The monoisotopic (exact) mass is 575 g/mol. The number of aryl methyl sites for hydroxylation is 1. The number of benzene rings is 1. The fourth-order valence-electron chi connectivity index (χ4n) is 4.60. The summed E-state index contributed by atoms with van der Waals surface area (Å²) >= 11 is 3.53. The summed E-state index contributed by atoms with van der Waals surface area (Å²) < 4.78 is 0. The first-order valence-electron chi connectivity index (χ1n) is 14.6. The molecule has 0 aliphatic rings. The van der Waals surface area contributed by atoms with Gasteiger partial charge in [-0.15, -0.1) is 10.2 Å². The number of carbonyl (C=O) groups is 1. The summed E-state index contributed by atoms with van der Waals surface area (Å²) in [5.41, 5.74) is 4.56. The van der Waals surface area contributed by atoms with Gasteiger partial charge in [0.25, 0.3) is 0 Å². The van der Waals surface area contributed by atoms with Crippen LogP contribution in [-0.4, -0.2) is 26.1 Å². The van der Waals surface area contributed by atoms with Crippen LogP contribution in [0.3, 0.4) is 0 Å². The molecule has 0 saturated carbocycles. The van der Waals surface area contributed by atoms with Crippen molar-refractivity contribution in [2.45, 2.75) is 142 Å². The van der Waals surface area contributed by atoms with Crippen molar-refractivity contribution in [3.05, 3.63) is 34.6 Å². The normalized spacial score (nSPS) is 12.6. The predicted molar refractivity (Wildman–Crippen MR) is 159 cm³/mol. The third kappa shape index (κ3) is 10.1. The number of nitrogens with zero attached hydrogens (tertiary/aromatic N) is 4. The number of amides is 1. The SMILES string of the molecule is CCCCCCCCCCCCn1nnc(C(Br)C(=O)Nc2c(C(C)C)cc(C(C)C)cc2C(C)C)n1. The van der Waals surface area contributed by atoms with Crippen LogP contribution >= 0.6 is 15.9 Å². The lowest BCUT2D eigenvalue weighted by molar-refractivity contribution is -0.115. The van der Waals surface area contributed by atoms with Crippen LogP contribution in [0, 0.1) is 0 Å². The average Bonchev–Trinajstić information content (AvgIpc) is 3.33. The van der Waals surface area contributed by atoms with Gasteiger partial charge in [0.2, 0.25) is 5.91 Å². The fraction of sp³-hybridized carbons (Fsp3) is 0.733. The Bertz CT molecular complexity index is 924. The van der Waals surface area contributed by atoms with Gasteiger partial charge in [-0.1, -0.05) is 134 Å². The van der Waals surface area contributed by atoms with Gasteiger partial charge in [-0.3, -0.25) is 4.79 Å². The highest BCUT2D eigenvalue weighted by atomic mass is 79.9. The van der Waals surface area contributed by atoms with Crippen LogP contribution in [0.25, 0.3) is 0 Å². The highest BCUT2D eigenvalue weighted by Crippen LogP contribution is 2.37. The van der Waals surface area contributed by atoms with Gasteiger partial charge < -0.3 is 5.32 Å². The van der Waals surface area contributed by atoms with Crippen molar-refractivity contribution >= 4 is 27.5 Å². The van der Waals surface area contributed by atoms with E-state index in [9.17, 15) is 4.79 Å². The van der Waals surface area contributed by atoms with Crippen LogP contribution in [0.1, 0.15) is 158 Å². The molecule has 0 spiro atoms. The van der Waals surface area contributed by atoms with E-state index in [-0.39, 0.29) is 5.91 Å². The molecule has 1 N–H and O–H groups in total. The maximum Gasteiger partial charge on any atom is 0.246 e. The molecule has 208 valence electrons. The van der Waals surface area contributed by atoms with Crippen molar-refractivity contribution in [3.63, 3.8) is 0 Å². The van der Waals surface area contributed by atoms with Crippen molar-refractivity contribution in [1.82, 2.24) is 20.2 Å². The van der Waals surface area contributed by atoms with Crippen molar-refractivity contribution in [1.29, 1.82) is 0 Å². The fourth-order valence-corrected chi connectivity index (χ4v) is 4.89. The molecule has 1 heterocycles. The van der Waals surface area contributed by atoms with Crippen LogP contribution in [0.2, 0.25) is 0 Å². The summed E-state index contributed by atoms with van der Waals surface area (Å²) in [6, 6.07) is 4.47. The Morgan fingerprint density at radius 2 is 1.35 bits per heavy atom. The molecular weight excluding hydrogens is 526 g/mol. The number of aromatic nitrogens is 4. The summed E-state index contributed by atoms with van der Waals surface area (Å²) in [6.07, 6.45) is 12.9. The zero-order valence-electron chi connectivity index (χ0n) is 24.3.